The van der Waals surface area contributed by atoms with Crippen LogP contribution in [0.4, 0.5) is 0 Å². The first-order valence-electron chi connectivity index (χ1n) is 8.30. The summed E-state index contributed by atoms with van der Waals surface area (Å²) in [5.41, 5.74) is -1.21. The molecular weight excluding hydrogens is 557 g/mol. The number of nitrogens with zero attached hydrogens (tertiary/aromatic N) is 1. The van der Waals surface area contributed by atoms with Crippen molar-refractivity contribution < 1.29 is 82.5 Å². The first-order chi connectivity index (χ1) is 15.5. The van der Waals surface area contributed by atoms with Crippen LogP contribution in [-0.2, 0) is 29.8 Å². The van der Waals surface area contributed by atoms with E-state index in [1.807, 2.05) is 0 Å². The van der Waals surface area contributed by atoms with Crippen LogP contribution in [0.3, 0.4) is 0 Å². The van der Waals surface area contributed by atoms with E-state index in [1.54, 1.807) is 0 Å². The Hall–Kier alpha value is -1.19. The summed E-state index contributed by atoms with van der Waals surface area (Å²) in [5.74, 6) is 0. The molecule has 0 aromatic carbocycles. The molecule has 0 radical (unpaired) electrons. The number of H-pyrrole nitrogens is 1. The average Bonchev–Trinajstić information content (AvgIpc) is 2.88. The molecule has 0 unspecified atom stereocenters. The minimum atomic E-state index is -4.64. The second-order valence-electron chi connectivity index (χ2n) is 6.02. The maximum absolute atomic E-state index is 11.8. The Morgan fingerprint density at radius 2 is 1.31 bits per heavy atom. The zero-order chi connectivity index (χ0) is 28.4. The zero-order valence-electron chi connectivity index (χ0n) is 17.3. The van der Waals surface area contributed by atoms with Gasteiger partial charge in [0.05, 0.1) is 18.8 Å². The molecule has 13 N–H and O–H groups in total. The van der Waals surface area contributed by atoms with Crippen LogP contribution in [0, 0.1) is 0 Å². The predicted molar refractivity (Wildman–Crippen MR) is 108 cm³/mol. The lowest BCUT2D eigenvalue weighted by atomic mass is 10.1. The number of phosphoric acid groups is 3. The van der Waals surface area contributed by atoms with E-state index >= 15 is 0 Å². The fraction of sp³-hybridized carbons (Fsp3) is 0.636. The molecule has 0 spiro atoms. The molecule has 208 valence electrons. The molecule has 1 aromatic rings. The van der Waals surface area contributed by atoms with Crippen LogP contribution in [0.5, 0.6) is 0 Å². The fourth-order valence-corrected chi connectivity index (χ4v) is 2.08. The fourth-order valence-electron chi connectivity index (χ4n) is 2.08. The van der Waals surface area contributed by atoms with Crippen LogP contribution in [0.15, 0.2) is 15.8 Å². The molecule has 1 aromatic heterocycles. The zero-order valence-corrected chi connectivity index (χ0v) is 20.0. The highest BCUT2D eigenvalue weighted by Gasteiger charge is 2.43. The van der Waals surface area contributed by atoms with E-state index < -0.39 is 65.9 Å². The predicted octanol–water partition coefficient (Wildman–Crippen LogP) is -5.49. The number of nitrogens with one attached hydrogen (secondary N) is 1. The van der Waals surface area contributed by atoms with Gasteiger partial charge in [0.2, 0.25) is 0 Å². The van der Waals surface area contributed by atoms with Crippen molar-refractivity contribution in [1.82, 2.24) is 9.55 Å². The molecule has 2 heterocycles. The van der Waals surface area contributed by atoms with E-state index in [4.69, 9.17) is 72.3 Å². The molecule has 0 saturated carbocycles. The Morgan fingerprint density at radius 1 is 0.914 bits per heavy atom. The van der Waals surface area contributed by atoms with Gasteiger partial charge in [-0.2, -0.15) is 0 Å². The molecule has 35 heavy (non-hydrogen) atoms. The lowest BCUT2D eigenvalue weighted by Crippen LogP contribution is -2.39. The molecule has 21 nitrogen and oxygen atoms in total. The number of hydrogen-bond acceptors (Lipinski definition) is 10. The van der Waals surface area contributed by atoms with E-state index in [0.717, 1.165) is 4.57 Å². The molecular formula is C11H25N2O19P3. The summed E-state index contributed by atoms with van der Waals surface area (Å²) in [7, 11) is -12.5. The number of rotatable bonds is 4. The maximum Gasteiger partial charge on any atom is 0.466 e. The number of methoxy groups -OCH3 is 1. The molecule has 24 heteroatoms. The molecule has 0 bridgehead atoms. The summed E-state index contributed by atoms with van der Waals surface area (Å²) >= 11 is 0. The van der Waals surface area contributed by atoms with Gasteiger partial charge in [-0.25, -0.2) is 18.5 Å². The minimum absolute atomic E-state index is 0.0234. The first kappa shape index (κ1) is 36.0. The van der Waals surface area contributed by atoms with Gasteiger partial charge in [-0.15, -0.1) is 0 Å². The van der Waals surface area contributed by atoms with Crippen LogP contribution < -0.4 is 11.2 Å². The van der Waals surface area contributed by atoms with Gasteiger partial charge in [0, 0.05) is 13.3 Å². The third kappa shape index (κ3) is 19.7. The van der Waals surface area contributed by atoms with Gasteiger partial charge in [-0.1, -0.05) is 0 Å². The topological polar surface area (TPSA) is 367 Å². The van der Waals surface area contributed by atoms with Crippen molar-refractivity contribution in [2.24, 2.45) is 0 Å². The van der Waals surface area contributed by atoms with Crippen LogP contribution in [0.2, 0.25) is 0 Å². The van der Waals surface area contributed by atoms with Gasteiger partial charge in [0.25, 0.3) is 5.56 Å². The normalized spacial score (nSPS) is 22.1. The SMILES string of the molecule is COCc1cn([C@@H]2O[C@H](CO)[C@@H](O)[C@H]2O)c(=O)[nH]c1=O.O=P(O)(O)O.O=P(O)(O)O.O=P(O)(O)O. The highest BCUT2D eigenvalue weighted by molar-refractivity contribution is 7.45. The molecule has 4 atom stereocenters. The summed E-state index contributed by atoms with van der Waals surface area (Å²) in [4.78, 5) is 90.0. The van der Waals surface area contributed by atoms with E-state index in [-0.39, 0.29) is 12.2 Å². The summed E-state index contributed by atoms with van der Waals surface area (Å²) in [6, 6.07) is 0. The van der Waals surface area contributed by atoms with Crippen molar-refractivity contribution in [3.8, 4) is 0 Å². The Morgan fingerprint density at radius 3 is 1.63 bits per heavy atom. The van der Waals surface area contributed by atoms with Crippen molar-refractivity contribution in [2.75, 3.05) is 13.7 Å². The van der Waals surface area contributed by atoms with Crippen molar-refractivity contribution >= 4 is 23.5 Å². The highest BCUT2D eigenvalue weighted by Crippen LogP contribution is 2.28. The standard InChI is InChI=1S/C11H16N2O7.3H3O4P/c1-19-4-5-2-13(11(18)12-9(5)17)10-8(16)7(15)6(3-14)20-10;3*1-5(2,3)4/h2,6-8,10,14-16H,3-4H2,1H3,(H,12,17,18);3*(H3,1,2,3,4)/t6-,7-,8-,10-;;;/m1.../s1. The molecule has 0 amide bonds. The van der Waals surface area contributed by atoms with Gasteiger partial charge in [0.15, 0.2) is 6.23 Å². The summed E-state index contributed by atoms with van der Waals surface area (Å²) in [6.07, 6.45) is -3.71. The highest BCUT2D eigenvalue weighted by atomic mass is 31.2. The molecule has 1 aliphatic rings. The second kappa shape index (κ2) is 15.2. The van der Waals surface area contributed by atoms with E-state index in [2.05, 4.69) is 4.98 Å². The third-order valence-corrected chi connectivity index (χ3v) is 3.13. The lowest BCUT2D eigenvalue weighted by Gasteiger charge is -2.17. The average molecular weight is 582 g/mol. The largest absolute Gasteiger partial charge is 0.466 e. The number of aliphatic hydroxyl groups excluding tert-OH is 3. The summed E-state index contributed by atoms with van der Waals surface area (Å²) < 4.78 is 37.7. The molecule has 1 saturated heterocycles. The van der Waals surface area contributed by atoms with Crippen LogP contribution >= 0.6 is 23.5 Å². The maximum atomic E-state index is 11.8. The van der Waals surface area contributed by atoms with Crippen LogP contribution in [-0.4, -0.2) is 101 Å². The Balaban J connectivity index is 0. The molecule has 1 aliphatic heterocycles. The van der Waals surface area contributed by atoms with Gasteiger partial charge < -0.3 is 68.8 Å². The minimum Gasteiger partial charge on any atom is -0.394 e. The number of aliphatic hydroxyl groups is 3. The molecule has 2 rings (SSSR count). The molecule has 1 fully saturated rings. The van der Waals surface area contributed by atoms with Gasteiger partial charge in [-0.05, 0) is 0 Å². The van der Waals surface area contributed by atoms with Crippen molar-refractivity contribution in [2.45, 2.75) is 31.1 Å². The molecule has 0 aliphatic carbocycles. The second-order valence-corrected chi connectivity index (χ2v) is 9.10. The smallest absolute Gasteiger partial charge is 0.394 e. The van der Waals surface area contributed by atoms with Gasteiger partial charge in [0.1, 0.15) is 18.3 Å². The van der Waals surface area contributed by atoms with Crippen molar-refractivity contribution in [1.29, 1.82) is 0 Å². The number of ether oxygens (including phenoxy) is 2. The number of aromatic nitrogens is 2. The lowest BCUT2D eigenvalue weighted by molar-refractivity contribution is -0.0552. The first-order valence-corrected chi connectivity index (χ1v) is 13.0. The quantitative estimate of drug-likeness (QED) is 0.147. The van der Waals surface area contributed by atoms with Gasteiger partial charge in [-0.3, -0.25) is 14.3 Å². The number of aromatic amines is 1. The number of hydrogen-bond donors (Lipinski definition) is 13. The van der Waals surface area contributed by atoms with E-state index in [1.165, 1.54) is 13.3 Å². The van der Waals surface area contributed by atoms with E-state index in [9.17, 15) is 19.8 Å². The monoisotopic (exact) mass is 582 g/mol. The van der Waals surface area contributed by atoms with Crippen LogP contribution in [0.25, 0.3) is 0 Å². The summed E-state index contributed by atoms with van der Waals surface area (Å²) in [5, 5.41) is 28.5. The van der Waals surface area contributed by atoms with Gasteiger partial charge >= 0.3 is 29.2 Å². The van der Waals surface area contributed by atoms with Crippen LogP contribution in [0.1, 0.15) is 11.8 Å². The Labute approximate surface area is 193 Å². The third-order valence-electron chi connectivity index (χ3n) is 3.13. The Kier molecular flexibility index (Phi) is 15.6. The van der Waals surface area contributed by atoms with Crippen molar-refractivity contribution in [3.05, 3.63) is 32.6 Å². The van der Waals surface area contributed by atoms with Crippen molar-refractivity contribution in [3.63, 3.8) is 0 Å². The van der Waals surface area contributed by atoms with E-state index in [0.29, 0.717) is 0 Å². The summed E-state index contributed by atoms with van der Waals surface area (Å²) in [6.45, 7) is -0.526. The Bertz CT molecular complexity index is 949.